The van der Waals surface area contributed by atoms with Crippen LogP contribution in [0.15, 0.2) is 30.3 Å². The van der Waals surface area contributed by atoms with Gasteiger partial charge in [0.05, 0.1) is 5.54 Å². The van der Waals surface area contributed by atoms with Gasteiger partial charge in [0, 0.05) is 25.7 Å². The van der Waals surface area contributed by atoms with E-state index in [0.717, 1.165) is 18.4 Å². The molecule has 7 nitrogen and oxygen atoms in total. The predicted octanol–water partition coefficient (Wildman–Crippen LogP) is 3.68. The minimum absolute atomic E-state index is 0.160. The first kappa shape index (κ1) is 23.0. The van der Waals surface area contributed by atoms with E-state index in [4.69, 9.17) is 9.47 Å². The number of benzene rings is 1. The lowest BCUT2D eigenvalue weighted by Crippen LogP contribution is -2.56. The maximum Gasteiger partial charge on any atom is 0.410 e. The Labute approximate surface area is 174 Å². The number of likely N-dealkylation sites (tertiary alicyclic amines) is 1. The maximum absolute atomic E-state index is 12.4. The third kappa shape index (κ3) is 8.73. The quantitative estimate of drug-likeness (QED) is 0.755. The fraction of sp³-hybridized carbons (Fsp3) is 0.636. The highest BCUT2D eigenvalue weighted by Crippen LogP contribution is 2.14. The second-order valence-electron chi connectivity index (χ2n) is 9.22. The van der Waals surface area contributed by atoms with E-state index in [1.165, 1.54) is 0 Å². The largest absolute Gasteiger partial charge is 0.445 e. The summed E-state index contributed by atoms with van der Waals surface area (Å²) in [6, 6.07) is 9.83. The number of ether oxygens (including phenoxy) is 2. The number of alkyl carbamates (subject to hydrolysis) is 1. The molecule has 1 saturated heterocycles. The first-order chi connectivity index (χ1) is 13.5. The monoisotopic (exact) mass is 405 g/mol. The van der Waals surface area contributed by atoms with Crippen LogP contribution >= 0.6 is 0 Å². The van der Waals surface area contributed by atoms with Gasteiger partial charge >= 0.3 is 12.2 Å². The molecule has 29 heavy (non-hydrogen) atoms. The molecule has 1 aromatic rings. The highest BCUT2D eigenvalue weighted by Gasteiger charge is 2.28. The van der Waals surface area contributed by atoms with Crippen molar-refractivity contribution < 1.29 is 19.1 Å². The van der Waals surface area contributed by atoms with Crippen molar-refractivity contribution in [3.05, 3.63) is 35.9 Å². The number of hydrogen-bond donors (Lipinski definition) is 2. The van der Waals surface area contributed by atoms with Gasteiger partial charge in [-0.2, -0.15) is 0 Å². The van der Waals surface area contributed by atoms with Crippen LogP contribution < -0.4 is 10.6 Å². The maximum atomic E-state index is 12.4. The lowest BCUT2D eigenvalue weighted by molar-refractivity contribution is 0.0468. The van der Waals surface area contributed by atoms with Crippen LogP contribution in [0.2, 0.25) is 0 Å². The third-order valence-electron chi connectivity index (χ3n) is 4.56. The summed E-state index contributed by atoms with van der Waals surface area (Å²) in [5, 5.41) is 6.36. The van der Waals surface area contributed by atoms with Gasteiger partial charge in [0.2, 0.25) is 0 Å². The molecule has 0 aromatic heterocycles. The molecule has 1 aliphatic rings. The molecule has 0 radical (unpaired) electrons. The van der Waals surface area contributed by atoms with Crippen molar-refractivity contribution >= 4 is 12.2 Å². The number of carbonyl (C=O) groups is 2. The van der Waals surface area contributed by atoms with Crippen molar-refractivity contribution in [1.29, 1.82) is 0 Å². The Morgan fingerprint density at radius 2 is 1.83 bits per heavy atom. The molecule has 0 unspecified atom stereocenters. The molecular weight excluding hydrogens is 370 g/mol. The minimum atomic E-state index is -0.530. The van der Waals surface area contributed by atoms with E-state index in [2.05, 4.69) is 10.6 Å². The van der Waals surface area contributed by atoms with Gasteiger partial charge in [-0.25, -0.2) is 9.59 Å². The molecule has 1 aliphatic heterocycles. The molecule has 0 saturated carbocycles. The van der Waals surface area contributed by atoms with Crippen LogP contribution in [0.4, 0.5) is 9.59 Å². The van der Waals surface area contributed by atoms with E-state index in [-0.39, 0.29) is 18.7 Å². The first-order valence-corrected chi connectivity index (χ1v) is 10.2. The van der Waals surface area contributed by atoms with Crippen LogP contribution in [0.3, 0.4) is 0 Å². The van der Waals surface area contributed by atoms with E-state index in [1.807, 2.05) is 65.0 Å². The number of hydrogen-bond acceptors (Lipinski definition) is 5. The van der Waals surface area contributed by atoms with Crippen LogP contribution in [-0.4, -0.2) is 53.9 Å². The summed E-state index contributed by atoms with van der Waals surface area (Å²) in [6.07, 6.45) is 1.17. The van der Waals surface area contributed by atoms with Crippen LogP contribution in [0.1, 0.15) is 53.0 Å². The van der Waals surface area contributed by atoms with E-state index in [1.54, 1.807) is 4.90 Å². The molecule has 2 rings (SSSR count). The van der Waals surface area contributed by atoms with Gasteiger partial charge in [-0.05, 0) is 53.0 Å². The molecule has 162 valence electrons. The SMILES string of the molecule is CC(C)(CN[C@H]1CCCN(C(=O)OCc2ccccc2)C1)NC(=O)OC(C)(C)C. The van der Waals surface area contributed by atoms with Crippen LogP contribution in [0.5, 0.6) is 0 Å². The van der Waals surface area contributed by atoms with Crippen molar-refractivity contribution in [2.24, 2.45) is 0 Å². The third-order valence-corrected chi connectivity index (χ3v) is 4.56. The Bertz CT molecular complexity index is 670. The number of amides is 2. The molecule has 1 fully saturated rings. The van der Waals surface area contributed by atoms with Gasteiger partial charge in [0.15, 0.2) is 0 Å². The molecule has 1 heterocycles. The number of nitrogens with one attached hydrogen (secondary N) is 2. The topological polar surface area (TPSA) is 79.9 Å². The summed E-state index contributed by atoms with van der Waals surface area (Å²) in [5.74, 6) is 0. The zero-order valence-corrected chi connectivity index (χ0v) is 18.3. The minimum Gasteiger partial charge on any atom is -0.445 e. The van der Waals surface area contributed by atoms with Crippen LogP contribution in [-0.2, 0) is 16.1 Å². The average molecular weight is 406 g/mol. The molecule has 1 atom stereocenters. The van der Waals surface area contributed by atoms with Crippen molar-refractivity contribution in [2.75, 3.05) is 19.6 Å². The standard InChI is InChI=1S/C22H35N3O4/c1-21(2,3)29-19(26)24-22(4,5)16-23-18-12-9-13-25(14-18)20(27)28-15-17-10-7-6-8-11-17/h6-8,10-11,18,23H,9,12-16H2,1-5H3,(H,24,26)/t18-/m0/s1. The highest BCUT2D eigenvalue weighted by atomic mass is 16.6. The van der Waals surface area contributed by atoms with Crippen LogP contribution in [0.25, 0.3) is 0 Å². The second-order valence-corrected chi connectivity index (χ2v) is 9.22. The zero-order valence-electron chi connectivity index (χ0n) is 18.3. The molecule has 0 spiro atoms. The predicted molar refractivity (Wildman–Crippen MR) is 113 cm³/mol. The number of piperidine rings is 1. The number of carbonyl (C=O) groups excluding carboxylic acids is 2. The lowest BCUT2D eigenvalue weighted by atomic mass is 10.0. The van der Waals surface area contributed by atoms with E-state index < -0.39 is 17.2 Å². The van der Waals surface area contributed by atoms with Crippen molar-refractivity contribution in [3.63, 3.8) is 0 Å². The number of rotatable bonds is 6. The molecule has 1 aromatic carbocycles. The normalized spacial score (nSPS) is 17.6. The summed E-state index contributed by atoms with van der Waals surface area (Å²) in [7, 11) is 0. The Morgan fingerprint density at radius 3 is 2.48 bits per heavy atom. The molecular formula is C22H35N3O4. The molecule has 2 N–H and O–H groups in total. The Kier molecular flexibility index (Phi) is 7.90. The summed E-state index contributed by atoms with van der Waals surface area (Å²) < 4.78 is 10.8. The summed E-state index contributed by atoms with van der Waals surface area (Å²) in [5.41, 5.74) is -0.0294. The summed E-state index contributed by atoms with van der Waals surface area (Å²) in [6.45, 7) is 11.5. The Hall–Kier alpha value is -2.28. The fourth-order valence-corrected chi connectivity index (χ4v) is 3.14. The summed E-state index contributed by atoms with van der Waals surface area (Å²) in [4.78, 5) is 26.2. The van der Waals surface area contributed by atoms with Gasteiger partial charge in [-0.1, -0.05) is 30.3 Å². The lowest BCUT2D eigenvalue weighted by Gasteiger charge is -2.35. The zero-order chi connectivity index (χ0) is 21.5. The molecule has 0 aliphatic carbocycles. The fourth-order valence-electron chi connectivity index (χ4n) is 3.14. The van der Waals surface area contributed by atoms with Crippen molar-refractivity contribution in [1.82, 2.24) is 15.5 Å². The Morgan fingerprint density at radius 1 is 1.14 bits per heavy atom. The second kappa shape index (κ2) is 9.96. The first-order valence-electron chi connectivity index (χ1n) is 10.2. The number of nitrogens with zero attached hydrogens (tertiary/aromatic N) is 1. The molecule has 2 amide bonds. The van der Waals surface area contributed by atoms with Gasteiger partial charge < -0.3 is 25.0 Å². The molecule has 0 bridgehead atoms. The van der Waals surface area contributed by atoms with E-state index in [0.29, 0.717) is 19.6 Å². The van der Waals surface area contributed by atoms with Crippen LogP contribution in [0, 0.1) is 0 Å². The van der Waals surface area contributed by atoms with Crippen molar-refractivity contribution in [3.8, 4) is 0 Å². The summed E-state index contributed by atoms with van der Waals surface area (Å²) >= 11 is 0. The average Bonchev–Trinajstić information content (AvgIpc) is 2.63. The van der Waals surface area contributed by atoms with Gasteiger partial charge in [-0.15, -0.1) is 0 Å². The van der Waals surface area contributed by atoms with Crippen molar-refractivity contribution in [2.45, 2.75) is 71.2 Å². The van der Waals surface area contributed by atoms with E-state index in [9.17, 15) is 9.59 Å². The van der Waals surface area contributed by atoms with Gasteiger partial charge in [0.1, 0.15) is 12.2 Å². The van der Waals surface area contributed by atoms with Gasteiger partial charge in [0.25, 0.3) is 0 Å². The molecule has 7 heteroatoms. The Balaban J connectivity index is 1.76. The van der Waals surface area contributed by atoms with E-state index >= 15 is 0 Å². The highest BCUT2D eigenvalue weighted by molar-refractivity contribution is 5.68. The van der Waals surface area contributed by atoms with Gasteiger partial charge in [-0.3, -0.25) is 0 Å². The smallest absolute Gasteiger partial charge is 0.410 e.